The number of furan rings is 1. The number of carbonyl (C=O) groups is 2. The number of amides is 1. The van der Waals surface area contributed by atoms with Gasteiger partial charge in [-0.1, -0.05) is 49.4 Å². The molecule has 1 aromatic heterocycles. The number of nitrogens with zero attached hydrogens (tertiary/aromatic N) is 1. The van der Waals surface area contributed by atoms with E-state index in [0.29, 0.717) is 18.7 Å². The Hall–Kier alpha value is -2.82. The van der Waals surface area contributed by atoms with E-state index in [-0.39, 0.29) is 23.3 Å². The number of carbonyl (C=O) groups excluding carboxylic acids is 1. The van der Waals surface area contributed by atoms with Crippen LogP contribution in [-0.4, -0.2) is 34.5 Å². The lowest BCUT2D eigenvalue weighted by atomic mass is 10.1. The summed E-state index contributed by atoms with van der Waals surface area (Å²) in [5.74, 6) is -0.871. The first kappa shape index (κ1) is 17.0. The van der Waals surface area contributed by atoms with Crippen molar-refractivity contribution in [2.45, 2.75) is 32.2 Å². The van der Waals surface area contributed by atoms with Crippen LogP contribution in [0, 0.1) is 0 Å². The van der Waals surface area contributed by atoms with Crippen LogP contribution in [0.3, 0.4) is 0 Å². The Labute approximate surface area is 146 Å². The van der Waals surface area contributed by atoms with Crippen molar-refractivity contribution in [3.05, 3.63) is 65.1 Å². The predicted molar refractivity (Wildman–Crippen MR) is 94.6 cm³/mol. The van der Waals surface area contributed by atoms with E-state index in [9.17, 15) is 14.7 Å². The molecule has 3 rings (SSSR count). The summed E-state index contributed by atoms with van der Waals surface area (Å²) in [5, 5.41) is 9.22. The fourth-order valence-electron chi connectivity index (χ4n) is 3.15. The van der Waals surface area contributed by atoms with Crippen LogP contribution in [0.1, 0.15) is 52.0 Å². The van der Waals surface area contributed by atoms with E-state index in [4.69, 9.17) is 4.42 Å². The molecule has 1 saturated heterocycles. The lowest BCUT2D eigenvalue weighted by Gasteiger charge is -2.21. The molecule has 1 fully saturated rings. The van der Waals surface area contributed by atoms with Crippen LogP contribution in [0.25, 0.3) is 6.08 Å². The van der Waals surface area contributed by atoms with Crippen LogP contribution >= 0.6 is 0 Å². The van der Waals surface area contributed by atoms with Gasteiger partial charge in [-0.15, -0.1) is 0 Å². The van der Waals surface area contributed by atoms with Gasteiger partial charge in [0.1, 0.15) is 11.3 Å². The molecule has 1 aliphatic heterocycles. The average Bonchev–Trinajstić information content (AvgIpc) is 3.27. The quantitative estimate of drug-likeness (QED) is 0.898. The van der Waals surface area contributed by atoms with Crippen molar-refractivity contribution in [2.24, 2.45) is 0 Å². The highest BCUT2D eigenvalue weighted by atomic mass is 16.4. The molecule has 0 bridgehead atoms. The Morgan fingerprint density at radius 3 is 2.72 bits per heavy atom. The summed E-state index contributed by atoms with van der Waals surface area (Å²) in [6.45, 7) is 2.45. The molecular formula is C20H21NO4. The van der Waals surface area contributed by atoms with Crippen molar-refractivity contribution in [3.8, 4) is 0 Å². The van der Waals surface area contributed by atoms with Crippen molar-refractivity contribution in [1.82, 2.24) is 4.90 Å². The van der Waals surface area contributed by atoms with Gasteiger partial charge in [-0.3, -0.25) is 4.79 Å². The first-order chi connectivity index (χ1) is 12.1. The highest BCUT2D eigenvalue weighted by Crippen LogP contribution is 2.24. The third-order valence-electron chi connectivity index (χ3n) is 4.44. The van der Waals surface area contributed by atoms with Crippen LogP contribution in [0.15, 0.2) is 46.9 Å². The fraction of sp³-hybridized carbons (Fsp3) is 0.300. The lowest BCUT2D eigenvalue weighted by Crippen LogP contribution is -2.34. The Kier molecular flexibility index (Phi) is 5.03. The Morgan fingerprint density at radius 1 is 1.32 bits per heavy atom. The maximum Gasteiger partial charge on any atom is 0.339 e. The molecule has 1 amide bonds. The van der Waals surface area contributed by atoms with Crippen molar-refractivity contribution in [2.75, 3.05) is 6.54 Å². The van der Waals surface area contributed by atoms with E-state index >= 15 is 0 Å². The standard InChI is InChI=1S/C20H21NO4/c1-2-17-16(20(23)24)13-18(25-17)19(22)21-12-6-9-15(21)11-10-14-7-4-3-5-8-14/h3-5,7-8,10-11,13,15H,2,6,9,12H2,1H3,(H,23,24)/b11-10+. The van der Waals surface area contributed by atoms with E-state index in [1.807, 2.05) is 42.5 Å². The second-order valence-corrected chi connectivity index (χ2v) is 6.08. The lowest BCUT2D eigenvalue weighted by molar-refractivity contribution is 0.0691. The zero-order valence-electron chi connectivity index (χ0n) is 14.1. The van der Waals surface area contributed by atoms with E-state index in [2.05, 4.69) is 0 Å². The summed E-state index contributed by atoms with van der Waals surface area (Å²) in [6, 6.07) is 11.3. The molecule has 0 saturated carbocycles. The molecule has 0 aliphatic carbocycles. The van der Waals surface area contributed by atoms with Crippen LogP contribution in [-0.2, 0) is 6.42 Å². The molecule has 5 heteroatoms. The van der Waals surface area contributed by atoms with Gasteiger partial charge in [0.2, 0.25) is 0 Å². The molecule has 0 radical (unpaired) electrons. The number of hydrogen-bond donors (Lipinski definition) is 1. The monoisotopic (exact) mass is 339 g/mol. The molecule has 1 aliphatic rings. The molecule has 1 unspecified atom stereocenters. The Morgan fingerprint density at radius 2 is 2.08 bits per heavy atom. The highest BCUT2D eigenvalue weighted by Gasteiger charge is 2.31. The largest absolute Gasteiger partial charge is 0.478 e. The molecular weight excluding hydrogens is 318 g/mol. The van der Waals surface area contributed by atoms with Gasteiger partial charge in [0.05, 0.1) is 6.04 Å². The summed E-state index contributed by atoms with van der Waals surface area (Å²) < 4.78 is 5.51. The van der Waals surface area contributed by atoms with Gasteiger partial charge in [0, 0.05) is 19.0 Å². The number of aryl methyl sites for hydroxylation is 1. The van der Waals surface area contributed by atoms with Crippen molar-refractivity contribution in [3.63, 3.8) is 0 Å². The number of benzene rings is 1. The normalized spacial score (nSPS) is 17.3. The van der Waals surface area contributed by atoms with E-state index in [1.54, 1.807) is 11.8 Å². The molecule has 2 aromatic rings. The summed E-state index contributed by atoms with van der Waals surface area (Å²) in [4.78, 5) is 25.8. The minimum absolute atomic E-state index is 0.00355. The van der Waals surface area contributed by atoms with Gasteiger partial charge in [-0.2, -0.15) is 0 Å². The summed E-state index contributed by atoms with van der Waals surface area (Å²) >= 11 is 0. The number of carboxylic acids is 1. The molecule has 1 aromatic carbocycles. The summed E-state index contributed by atoms with van der Waals surface area (Å²) in [7, 11) is 0. The second kappa shape index (κ2) is 7.38. The second-order valence-electron chi connectivity index (χ2n) is 6.08. The number of rotatable bonds is 5. The molecule has 25 heavy (non-hydrogen) atoms. The molecule has 130 valence electrons. The third-order valence-corrected chi connectivity index (χ3v) is 4.44. The Balaban J connectivity index is 1.79. The highest BCUT2D eigenvalue weighted by molar-refractivity contribution is 5.96. The SMILES string of the molecule is CCc1oc(C(=O)N2CCCC2/C=C/c2ccccc2)cc1C(=O)O. The van der Waals surface area contributed by atoms with Crippen LogP contribution in [0.5, 0.6) is 0 Å². The van der Waals surface area contributed by atoms with Gasteiger partial charge < -0.3 is 14.4 Å². The van der Waals surface area contributed by atoms with Gasteiger partial charge >= 0.3 is 5.97 Å². The Bertz CT molecular complexity index is 791. The van der Waals surface area contributed by atoms with Crippen LogP contribution in [0.2, 0.25) is 0 Å². The molecule has 1 atom stereocenters. The molecule has 0 spiro atoms. The summed E-state index contributed by atoms with van der Waals surface area (Å²) in [5.41, 5.74) is 1.16. The van der Waals surface area contributed by atoms with Crippen molar-refractivity contribution in [1.29, 1.82) is 0 Å². The minimum Gasteiger partial charge on any atom is -0.478 e. The zero-order valence-corrected chi connectivity index (χ0v) is 14.1. The van der Waals surface area contributed by atoms with Crippen molar-refractivity contribution < 1.29 is 19.1 Å². The van der Waals surface area contributed by atoms with Crippen LogP contribution < -0.4 is 0 Å². The number of aromatic carboxylic acids is 1. The van der Waals surface area contributed by atoms with E-state index in [0.717, 1.165) is 18.4 Å². The van der Waals surface area contributed by atoms with Gasteiger partial charge in [0.15, 0.2) is 5.76 Å². The fourth-order valence-corrected chi connectivity index (χ4v) is 3.15. The molecule has 5 nitrogen and oxygen atoms in total. The number of carboxylic acid groups (broad SMARTS) is 1. The molecule has 1 N–H and O–H groups in total. The number of likely N-dealkylation sites (tertiary alicyclic amines) is 1. The van der Waals surface area contributed by atoms with Crippen LogP contribution in [0.4, 0.5) is 0 Å². The maximum atomic E-state index is 12.8. The smallest absolute Gasteiger partial charge is 0.339 e. The topological polar surface area (TPSA) is 70.8 Å². The first-order valence-electron chi connectivity index (χ1n) is 8.50. The van der Waals surface area contributed by atoms with Crippen molar-refractivity contribution >= 4 is 18.0 Å². The van der Waals surface area contributed by atoms with Gasteiger partial charge in [-0.05, 0) is 18.4 Å². The minimum atomic E-state index is -1.07. The zero-order chi connectivity index (χ0) is 17.8. The van der Waals surface area contributed by atoms with E-state index < -0.39 is 5.97 Å². The first-order valence-corrected chi connectivity index (χ1v) is 8.50. The third kappa shape index (κ3) is 3.65. The molecule has 2 heterocycles. The van der Waals surface area contributed by atoms with Gasteiger partial charge in [0.25, 0.3) is 5.91 Å². The van der Waals surface area contributed by atoms with E-state index in [1.165, 1.54) is 6.07 Å². The predicted octanol–water partition coefficient (Wildman–Crippen LogP) is 3.86. The average molecular weight is 339 g/mol. The summed E-state index contributed by atoms with van der Waals surface area (Å²) in [6.07, 6.45) is 6.29. The number of hydrogen-bond acceptors (Lipinski definition) is 3. The maximum absolute atomic E-state index is 12.8. The van der Waals surface area contributed by atoms with Gasteiger partial charge in [-0.25, -0.2) is 4.79 Å².